The number of carbonyl (C=O) groups excluding carboxylic acids is 2. The minimum absolute atomic E-state index is 0.0266. The van der Waals surface area contributed by atoms with Gasteiger partial charge in [-0.2, -0.15) is 0 Å². The summed E-state index contributed by atoms with van der Waals surface area (Å²) in [5.74, 6) is 0.850. The van der Waals surface area contributed by atoms with E-state index >= 15 is 0 Å². The summed E-state index contributed by atoms with van der Waals surface area (Å²) in [7, 11) is 1.58. The van der Waals surface area contributed by atoms with Crippen LogP contribution in [-0.4, -0.2) is 38.6 Å². The van der Waals surface area contributed by atoms with E-state index < -0.39 is 0 Å². The van der Waals surface area contributed by atoms with Gasteiger partial charge in [0.1, 0.15) is 6.61 Å². The molecule has 0 radical (unpaired) electrons. The molecule has 0 unspecified atom stereocenters. The molecule has 2 aromatic rings. The van der Waals surface area contributed by atoms with E-state index in [2.05, 4.69) is 5.32 Å². The molecule has 0 fully saturated rings. The first kappa shape index (κ1) is 16.8. The number of anilines is 1. The summed E-state index contributed by atoms with van der Waals surface area (Å²) in [6.45, 7) is 2.51. The quantitative estimate of drug-likeness (QED) is 0.906. The molecule has 6 heteroatoms. The van der Waals surface area contributed by atoms with Crippen molar-refractivity contribution >= 4 is 17.5 Å². The van der Waals surface area contributed by atoms with Crippen LogP contribution >= 0.6 is 0 Å². The molecule has 2 aromatic carbocycles. The van der Waals surface area contributed by atoms with E-state index in [0.29, 0.717) is 29.3 Å². The van der Waals surface area contributed by atoms with Gasteiger partial charge in [0.2, 0.25) is 5.91 Å². The number of aryl methyl sites for hydroxylation is 1. The first-order valence-electron chi connectivity index (χ1n) is 8.05. The zero-order chi connectivity index (χ0) is 17.8. The van der Waals surface area contributed by atoms with Gasteiger partial charge in [0.25, 0.3) is 5.91 Å². The van der Waals surface area contributed by atoms with E-state index in [1.165, 1.54) is 0 Å². The van der Waals surface area contributed by atoms with Crippen LogP contribution in [-0.2, 0) is 4.79 Å². The standard InChI is InChI=1S/C19H20N2O4/c1-13-7-8-15-14(11-13)19(23)20-12-18(22)21(15)9-10-25-17-6-4-3-5-16(17)24-2/h3-8,11H,9-10,12H2,1-2H3,(H,20,23). The average Bonchev–Trinajstić information content (AvgIpc) is 2.74. The first-order chi connectivity index (χ1) is 12.1. The predicted octanol–water partition coefficient (Wildman–Crippen LogP) is 2.16. The Labute approximate surface area is 146 Å². The number of nitrogens with zero attached hydrogens (tertiary/aromatic N) is 1. The Balaban J connectivity index is 1.78. The van der Waals surface area contributed by atoms with Crippen molar-refractivity contribution in [3.05, 3.63) is 53.6 Å². The van der Waals surface area contributed by atoms with Crippen molar-refractivity contribution in [1.29, 1.82) is 0 Å². The second kappa shape index (κ2) is 7.25. The SMILES string of the molecule is COc1ccccc1OCCN1C(=O)CNC(=O)c2cc(C)ccc21. The van der Waals surface area contributed by atoms with Gasteiger partial charge in [-0.3, -0.25) is 9.59 Å². The Morgan fingerprint density at radius 1 is 1.12 bits per heavy atom. The number of hydrogen-bond donors (Lipinski definition) is 1. The summed E-state index contributed by atoms with van der Waals surface area (Å²) in [6.07, 6.45) is 0. The fraction of sp³-hybridized carbons (Fsp3) is 0.263. The Kier molecular flexibility index (Phi) is 4.88. The number of rotatable bonds is 5. The molecule has 1 aliphatic rings. The molecule has 0 saturated heterocycles. The van der Waals surface area contributed by atoms with Crippen LogP contribution in [0.2, 0.25) is 0 Å². The Hall–Kier alpha value is -3.02. The van der Waals surface area contributed by atoms with E-state index in [9.17, 15) is 9.59 Å². The highest BCUT2D eigenvalue weighted by Gasteiger charge is 2.26. The summed E-state index contributed by atoms with van der Waals surface area (Å²) in [5, 5.41) is 2.64. The maximum atomic E-state index is 12.4. The fourth-order valence-corrected chi connectivity index (χ4v) is 2.78. The smallest absolute Gasteiger partial charge is 0.253 e. The molecule has 130 valence electrons. The van der Waals surface area contributed by atoms with E-state index in [-0.39, 0.29) is 25.0 Å². The summed E-state index contributed by atoms with van der Waals surface area (Å²) in [6, 6.07) is 12.8. The number of fused-ring (bicyclic) bond motifs is 1. The van der Waals surface area contributed by atoms with Gasteiger partial charge in [-0.15, -0.1) is 0 Å². The predicted molar refractivity (Wildman–Crippen MR) is 94.4 cm³/mol. The van der Waals surface area contributed by atoms with Crippen molar-refractivity contribution < 1.29 is 19.1 Å². The number of nitrogens with one attached hydrogen (secondary N) is 1. The molecule has 25 heavy (non-hydrogen) atoms. The number of methoxy groups -OCH3 is 1. The van der Waals surface area contributed by atoms with Crippen LogP contribution < -0.4 is 19.7 Å². The van der Waals surface area contributed by atoms with Crippen molar-refractivity contribution in [1.82, 2.24) is 5.32 Å². The summed E-state index contributed by atoms with van der Waals surface area (Å²) >= 11 is 0. The summed E-state index contributed by atoms with van der Waals surface area (Å²) < 4.78 is 11.0. The maximum absolute atomic E-state index is 12.4. The zero-order valence-corrected chi connectivity index (χ0v) is 14.2. The lowest BCUT2D eigenvalue weighted by atomic mass is 10.1. The van der Waals surface area contributed by atoms with Gasteiger partial charge in [0.05, 0.1) is 31.5 Å². The topological polar surface area (TPSA) is 67.9 Å². The molecular formula is C19H20N2O4. The minimum atomic E-state index is -0.236. The highest BCUT2D eigenvalue weighted by molar-refractivity contribution is 6.09. The first-order valence-corrected chi connectivity index (χ1v) is 8.05. The largest absolute Gasteiger partial charge is 0.493 e. The Morgan fingerprint density at radius 2 is 1.88 bits per heavy atom. The van der Waals surface area contributed by atoms with Gasteiger partial charge in [0.15, 0.2) is 11.5 Å². The number of carbonyl (C=O) groups is 2. The highest BCUT2D eigenvalue weighted by Crippen LogP contribution is 2.27. The van der Waals surface area contributed by atoms with E-state index in [1.54, 1.807) is 24.1 Å². The molecule has 6 nitrogen and oxygen atoms in total. The van der Waals surface area contributed by atoms with Crippen molar-refractivity contribution in [2.75, 3.05) is 31.7 Å². The van der Waals surface area contributed by atoms with E-state index in [4.69, 9.17) is 9.47 Å². The molecule has 0 aliphatic carbocycles. The minimum Gasteiger partial charge on any atom is -0.493 e. The normalized spacial score (nSPS) is 13.8. The van der Waals surface area contributed by atoms with Crippen molar-refractivity contribution in [2.24, 2.45) is 0 Å². The van der Waals surface area contributed by atoms with Crippen LogP contribution in [0.1, 0.15) is 15.9 Å². The van der Waals surface area contributed by atoms with Gasteiger partial charge in [-0.1, -0.05) is 23.8 Å². The number of para-hydroxylation sites is 2. The Bertz CT molecular complexity index is 804. The zero-order valence-electron chi connectivity index (χ0n) is 14.2. The summed E-state index contributed by atoms with van der Waals surface area (Å²) in [5.41, 5.74) is 2.07. The van der Waals surface area contributed by atoms with Gasteiger partial charge in [-0.25, -0.2) is 0 Å². The van der Waals surface area contributed by atoms with E-state index in [0.717, 1.165) is 5.56 Å². The number of amides is 2. The molecule has 0 aromatic heterocycles. The third-order valence-electron chi connectivity index (χ3n) is 4.03. The van der Waals surface area contributed by atoms with Crippen molar-refractivity contribution in [3.8, 4) is 11.5 Å². The lowest BCUT2D eigenvalue weighted by Crippen LogP contribution is -2.38. The molecule has 1 heterocycles. The molecular weight excluding hydrogens is 320 g/mol. The van der Waals surface area contributed by atoms with Crippen LogP contribution in [0, 0.1) is 6.92 Å². The molecule has 2 amide bonds. The maximum Gasteiger partial charge on any atom is 0.253 e. The Morgan fingerprint density at radius 3 is 2.64 bits per heavy atom. The lowest BCUT2D eigenvalue weighted by Gasteiger charge is -2.22. The number of ether oxygens (including phenoxy) is 2. The monoisotopic (exact) mass is 340 g/mol. The van der Waals surface area contributed by atoms with Crippen molar-refractivity contribution in [2.45, 2.75) is 6.92 Å². The van der Waals surface area contributed by atoms with Gasteiger partial charge in [-0.05, 0) is 31.2 Å². The average molecular weight is 340 g/mol. The molecule has 0 atom stereocenters. The second-order valence-electron chi connectivity index (χ2n) is 5.75. The van der Waals surface area contributed by atoms with Gasteiger partial charge < -0.3 is 19.7 Å². The fourth-order valence-electron chi connectivity index (χ4n) is 2.78. The molecule has 0 spiro atoms. The number of hydrogen-bond acceptors (Lipinski definition) is 4. The van der Waals surface area contributed by atoms with E-state index in [1.807, 2.05) is 37.3 Å². The highest BCUT2D eigenvalue weighted by atomic mass is 16.5. The molecule has 0 saturated carbocycles. The molecule has 1 aliphatic heterocycles. The van der Waals surface area contributed by atoms with Crippen LogP contribution in [0.5, 0.6) is 11.5 Å². The molecule has 1 N–H and O–H groups in total. The third-order valence-corrected chi connectivity index (χ3v) is 4.03. The van der Waals surface area contributed by atoms with Gasteiger partial charge >= 0.3 is 0 Å². The van der Waals surface area contributed by atoms with Crippen molar-refractivity contribution in [3.63, 3.8) is 0 Å². The van der Waals surface area contributed by atoms with Crippen LogP contribution in [0.25, 0.3) is 0 Å². The second-order valence-corrected chi connectivity index (χ2v) is 5.75. The molecule has 3 rings (SSSR count). The van der Waals surface area contributed by atoms with Gasteiger partial charge in [0, 0.05) is 0 Å². The van der Waals surface area contributed by atoms with Crippen LogP contribution in [0.15, 0.2) is 42.5 Å². The third kappa shape index (κ3) is 3.57. The van der Waals surface area contributed by atoms with Crippen LogP contribution in [0.3, 0.4) is 0 Å². The number of benzene rings is 2. The van der Waals surface area contributed by atoms with Crippen LogP contribution in [0.4, 0.5) is 5.69 Å². The molecule has 0 bridgehead atoms. The lowest BCUT2D eigenvalue weighted by molar-refractivity contribution is -0.117. The summed E-state index contributed by atoms with van der Waals surface area (Å²) in [4.78, 5) is 26.2.